The number of aromatic nitrogens is 4. The van der Waals surface area contributed by atoms with Crippen molar-refractivity contribution >= 4 is 11.7 Å². The fourth-order valence-corrected chi connectivity index (χ4v) is 2.39. The largest absolute Gasteiger partial charge is 0.378 e. The second kappa shape index (κ2) is 6.29. The van der Waals surface area contributed by atoms with Gasteiger partial charge in [-0.3, -0.25) is 14.6 Å². The molecule has 1 amide bonds. The summed E-state index contributed by atoms with van der Waals surface area (Å²) in [5.74, 6) is 0.194. The number of aromatic amines is 1. The summed E-state index contributed by atoms with van der Waals surface area (Å²) in [4.78, 5) is 12.3. The minimum absolute atomic E-state index is 0.0110. The first-order valence-electron chi connectivity index (χ1n) is 6.99. The molecular weight excluding hydrogens is 286 g/mol. The highest BCUT2D eigenvalue weighted by Crippen LogP contribution is 2.27. The number of anilines is 1. The molecule has 0 aliphatic carbocycles. The van der Waals surface area contributed by atoms with Gasteiger partial charge in [0, 0.05) is 20.2 Å². The van der Waals surface area contributed by atoms with Gasteiger partial charge in [-0.2, -0.15) is 10.2 Å². The van der Waals surface area contributed by atoms with Crippen LogP contribution in [0.25, 0.3) is 0 Å². The normalized spacial score (nSPS) is 17.8. The highest BCUT2D eigenvalue weighted by atomic mass is 16.5. The minimum atomic E-state index is -0.269. The molecule has 0 saturated carbocycles. The van der Waals surface area contributed by atoms with E-state index in [2.05, 4.69) is 27.0 Å². The van der Waals surface area contributed by atoms with Crippen molar-refractivity contribution in [2.24, 2.45) is 7.05 Å². The molecule has 1 saturated heterocycles. The minimum Gasteiger partial charge on any atom is -0.378 e. The standard InChI is InChI=1S/C14H18N5O3/c1-19-11(6-9(18-19)8-21-2)14(20)15-13-7-10(16-17-13)12-4-3-5-22-12/h3,6-7,12H,4-5,8H2,1-2H3,(H2,15,16,17,20)/t12-/m1/s1. The summed E-state index contributed by atoms with van der Waals surface area (Å²) in [6.07, 6.45) is 2.90. The number of methoxy groups -OCH3 is 1. The van der Waals surface area contributed by atoms with Crippen LogP contribution in [-0.4, -0.2) is 39.6 Å². The molecular formula is C14H18N5O3. The Morgan fingerprint density at radius 2 is 2.45 bits per heavy atom. The zero-order chi connectivity index (χ0) is 15.5. The van der Waals surface area contributed by atoms with Crippen molar-refractivity contribution in [3.63, 3.8) is 0 Å². The molecule has 117 valence electrons. The van der Waals surface area contributed by atoms with Crippen LogP contribution in [0.5, 0.6) is 0 Å². The van der Waals surface area contributed by atoms with E-state index in [4.69, 9.17) is 9.47 Å². The van der Waals surface area contributed by atoms with Gasteiger partial charge in [-0.1, -0.05) is 0 Å². The molecule has 0 aromatic carbocycles. The topological polar surface area (TPSA) is 94.1 Å². The monoisotopic (exact) mass is 304 g/mol. The highest BCUT2D eigenvalue weighted by molar-refractivity contribution is 6.02. The Hall–Kier alpha value is -2.19. The molecule has 1 aliphatic rings. The summed E-state index contributed by atoms with van der Waals surface area (Å²) >= 11 is 0. The first-order valence-corrected chi connectivity index (χ1v) is 6.99. The van der Waals surface area contributed by atoms with E-state index in [1.165, 1.54) is 4.68 Å². The van der Waals surface area contributed by atoms with Crippen LogP contribution in [0.3, 0.4) is 0 Å². The highest BCUT2D eigenvalue weighted by Gasteiger charge is 2.21. The lowest BCUT2D eigenvalue weighted by Gasteiger charge is -2.04. The number of H-pyrrole nitrogens is 1. The third kappa shape index (κ3) is 3.02. The molecule has 0 spiro atoms. The summed E-state index contributed by atoms with van der Waals surface area (Å²) in [5.41, 5.74) is 2.00. The zero-order valence-electron chi connectivity index (χ0n) is 12.5. The van der Waals surface area contributed by atoms with Crippen LogP contribution in [0.15, 0.2) is 12.1 Å². The molecule has 1 radical (unpaired) electrons. The SMILES string of the molecule is COCc1cc(C(=O)Nc2cc([C@H]3C[CH]CO3)[nH]n2)n(C)n1. The van der Waals surface area contributed by atoms with Crippen LogP contribution in [0, 0.1) is 6.42 Å². The summed E-state index contributed by atoms with van der Waals surface area (Å²) < 4.78 is 12.1. The van der Waals surface area contributed by atoms with Crippen molar-refractivity contribution in [2.75, 3.05) is 19.0 Å². The van der Waals surface area contributed by atoms with Crippen molar-refractivity contribution in [2.45, 2.75) is 19.1 Å². The Balaban J connectivity index is 1.68. The molecule has 1 atom stereocenters. The molecule has 8 nitrogen and oxygen atoms in total. The van der Waals surface area contributed by atoms with Gasteiger partial charge in [0.05, 0.1) is 30.7 Å². The lowest BCUT2D eigenvalue weighted by molar-refractivity contribution is 0.101. The number of aryl methyl sites for hydroxylation is 1. The maximum Gasteiger partial charge on any atom is 0.275 e. The van der Waals surface area contributed by atoms with Crippen LogP contribution in [-0.2, 0) is 23.1 Å². The van der Waals surface area contributed by atoms with Gasteiger partial charge in [-0.25, -0.2) is 0 Å². The molecule has 2 N–H and O–H groups in total. The summed E-state index contributed by atoms with van der Waals surface area (Å²) in [6.45, 7) is 1.01. The van der Waals surface area contributed by atoms with Crippen LogP contribution in [0.2, 0.25) is 0 Å². The average molecular weight is 304 g/mol. The summed E-state index contributed by atoms with van der Waals surface area (Å²) in [6, 6.07) is 3.48. The van der Waals surface area contributed by atoms with Crippen LogP contribution in [0.1, 0.15) is 34.4 Å². The number of amides is 1. The molecule has 0 bridgehead atoms. The second-order valence-corrected chi connectivity index (χ2v) is 5.09. The van der Waals surface area contributed by atoms with E-state index in [1.54, 1.807) is 26.3 Å². The van der Waals surface area contributed by atoms with E-state index < -0.39 is 0 Å². The van der Waals surface area contributed by atoms with Gasteiger partial charge in [0.1, 0.15) is 5.69 Å². The van der Waals surface area contributed by atoms with Gasteiger partial charge in [0.15, 0.2) is 5.82 Å². The predicted octanol–water partition coefficient (Wildman–Crippen LogP) is 1.21. The molecule has 1 aliphatic heterocycles. The Bertz CT molecular complexity index is 657. The Labute approximate surface area is 127 Å². The van der Waals surface area contributed by atoms with Crippen LogP contribution < -0.4 is 5.32 Å². The van der Waals surface area contributed by atoms with Crippen molar-refractivity contribution < 1.29 is 14.3 Å². The smallest absolute Gasteiger partial charge is 0.275 e. The number of nitrogens with zero attached hydrogens (tertiary/aromatic N) is 3. The average Bonchev–Trinajstić information content (AvgIpc) is 3.19. The van der Waals surface area contributed by atoms with Gasteiger partial charge < -0.3 is 14.8 Å². The zero-order valence-corrected chi connectivity index (χ0v) is 12.5. The number of ether oxygens (including phenoxy) is 2. The van der Waals surface area contributed by atoms with Gasteiger partial charge in [0.2, 0.25) is 0 Å². The fraction of sp³-hybridized carbons (Fsp3) is 0.429. The number of nitrogens with one attached hydrogen (secondary N) is 2. The van der Waals surface area contributed by atoms with Crippen molar-refractivity contribution in [1.82, 2.24) is 20.0 Å². The van der Waals surface area contributed by atoms with E-state index in [1.807, 2.05) is 0 Å². The molecule has 22 heavy (non-hydrogen) atoms. The molecule has 1 fully saturated rings. The van der Waals surface area contributed by atoms with Crippen molar-refractivity contribution in [1.29, 1.82) is 0 Å². The molecule has 3 heterocycles. The predicted molar refractivity (Wildman–Crippen MR) is 78.1 cm³/mol. The first-order chi connectivity index (χ1) is 10.7. The number of hydrogen-bond acceptors (Lipinski definition) is 5. The van der Waals surface area contributed by atoms with Crippen molar-refractivity contribution in [3.8, 4) is 0 Å². The quantitative estimate of drug-likeness (QED) is 0.866. The van der Waals surface area contributed by atoms with Gasteiger partial charge in [0.25, 0.3) is 5.91 Å². The van der Waals surface area contributed by atoms with E-state index in [0.717, 1.165) is 12.1 Å². The van der Waals surface area contributed by atoms with E-state index in [9.17, 15) is 4.79 Å². The molecule has 2 aromatic rings. The molecule has 3 rings (SSSR count). The lowest BCUT2D eigenvalue weighted by Crippen LogP contribution is -2.16. The Morgan fingerprint density at radius 3 is 3.18 bits per heavy atom. The van der Waals surface area contributed by atoms with Crippen molar-refractivity contribution in [3.05, 3.63) is 35.6 Å². The van der Waals surface area contributed by atoms with E-state index in [-0.39, 0.29) is 12.0 Å². The summed E-state index contributed by atoms with van der Waals surface area (Å²) in [5, 5.41) is 13.9. The molecule has 2 aromatic heterocycles. The third-order valence-electron chi connectivity index (χ3n) is 3.44. The number of carbonyl (C=O) groups excluding carboxylic acids is 1. The van der Waals surface area contributed by atoms with Gasteiger partial charge in [-0.05, 0) is 18.9 Å². The Kier molecular flexibility index (Phi) is 4.21. The molecule has 0 unspecified atom stereocenters. The number of rotatable bonds is 5. The first kappa shape index (κ1) is 14.7. The number of carbonyl (C=O) groups is 1. The maximum absolute atomic E-state index is 12.3. The Morgan fingerprint density at radius 1 is 1.59 bits per heavy atom. The third-order valence-corrected chi connectivity index (χ3v) is 3.44. The van der Waals surface area contributed by atoms with Gasteiger partial charge in [-0.15, -0.1) is 0 Å². The maximum atomic E-state index is 12.3. The van der Waals surface area contributed by atoms with E-state index in [0.29, 0.717) is 30.4 Å². The van der Waals surface area contributed by atoms with Gasteiger partial charge >= 0.3 is 0 Å². The fourth-order valence-electron chi connectivity index (χ4n) is 2.39. The van der Waals surface area contributed by atoms with Crippen LogP contribution in [0.4, 0.5) is 5.82 Å². The summed E-state index contributed by atoms with van der Waals surface area (Å²) in [7, 11) is 3.30. The lowest BCUT2D eigenvalue weighted by atomic mass is 10.2. The van der Waals surface area contributed by atoms with E-state index >= 15 is 0 Å². The number of hydrogen-bond donors (Lipinski definition) is 2. The molecule has 8 heteroatoms. The second-order valence-electron chi connectivity index (χ2n) is 5.09. The van der Waals surface area contributed by atoms with Crippen LogP contribution >= 0.6 is 0 Å².